The van der Waals surface area contributed by atoms with Crippen molar-refractivity contribution in [1.82, 2.24) is 14.9 Å². The Hall–Kier alpha value is -2.10. The third-order valence-corrected chi connectivity index (χ3v) is 5.15. The Kier molecular flexibility index (Phi) is 3.68. The normalized spacial score (nSPS) is 23.0. The van der Waals surface area contributed by atoms with Crippen molar-refractivity contribution in [3.8, 4) is 0 Å². The van der Waals surface area contributed by atoms with Gasteiger partial charge in [0.25, 0.3) is 0 Å². The van der Waals surface area contributed by atoms with Crippen molar-refractivity contribution < 1.29 is 4.79 Å². The van der Waals surface area contributed by atoms with Gasteiger partial charge in [0.05, 0.1) is 11.6 Å². The number of hydrogen-bond donors (Lipinski definition) is 1. The van der Waals surface area contributed by atoms with Crippen molar-refractivity contribution in [1.29, 1.82) is 0 Å². The summed E-state index contributed by atoms with van der Waals surface area (Å²) in [5, 5.41) is 3.29. The topological polar surface area (TPSA) is 46.9 Å². The zero-order chi connectivity index (χ0) is 15.8. The Bertz CT molecular complexity index is 734. The molecule has 1 aliphatic heterocycles. The molecule has 1 aliphatic carbocycles. The molecule has 0 unspecified atom stereocenters. The predicted molar refractivity (Wildman–Crippen MR) is 89.3 cm³/mol. The van der Waals surface area contributed by atoms with Crippen molar-refractivity contribution in [3.63, 3.8) is 0 Å². The minimum absolute atomic E-state index is 0.0193. The minimum Gasteiger partial charge on any atom is -0.351 e. The molecule has 0 bridgehead atoms. The van der Waals surface area contributed by atoms with E-state index >= 15 is 0 Å². The van der Waals surface area contributed by atoms with Crippen molar-refractivity contribution in [3.05, 3.63) is 53.1 Å². The lowest BCUT2D eigenvalue weighted by Crippen LogP contribution is -2.43. The summed E-state index contributed by atoms with van der Waals surface area (Å²) in [4.78, 5) is 17.3. The summed E-state index contributed by atoms with van der Waals surface area (Å²) < 4.78 is 2.19. The first-order valence-corrected chi connectivity index (χ1v) is 8.61. The molecular weight excluding hydrogens is 286 g/mol. The summed E-state index contributed by atoms with van der Waals surface area (Å²) in [7, 11) is 0. The van der Waals surface area contributed by atoms with Crippen LogP contribution < -0.4 is 5.32 Å². The largest absolute Gasteiger partial charge is 0.351 e. The summed E-state index contributed by atoms with van der Waals surface area (Å²) in [5.74, 6) is 1.37. The predicted octanol–water partition coefficient (Wildman–Crippen LogP) is 2.74. The number of hydrogen-bond acceptors (Lipinski definition) is 2. The van der Waals surface area contributed by atoms with E-state index in [4.69, 9.17) is 0 Å². The van der Waals surface area contributed by atoms with Crippen LogP contribution in [0.15, 0.2) is 30.5 Å². The number of carbonyl (C=O) groups excluding carboxylic acids is 1. The fraction of sp³-hybridized carbons (Fsp3) is 0.474. The first kappa shape index (κ1) is 14.5. The minimum atomic E-state index is 0.0193. The van der Waals surface area contributed by atoms with Crippen molar-refractivity contribution in [2.45, 2.75) is 57.5 Å². The van der Waals surface area contributed by atoms with E-state index in [1.54, 1.807) is 0 Å². The Morgan fingerprint density at radius 3 is 3.04 bits per heavy atom. The maximum absolute atomic E-state index is 12.8. The Morgan fingerprint density at radius 2 is 2.13 bits per heavy atom. The van der Waals surface area contributed by atoms with Gasteiger partial charge in [-0.25, -0.2) is 4.98 Å². The van der Waals surface area contributed by atoms with Crippen molar-refractivity contribution in [2.75, 3.05) is 0 Å². The van der Waals surface area contributed by atoms with E-state index in [2.05, 4.69) is 39.3 Å². The molecule has 0 saturated carbocycles. The van der Waals surface area contributed by atoms with Gasteiger partial charge in [0.2, 0.25) is 5.91 Å². The van der Waals surface area contributed by atoms with Crippen LogP contribution in [0.4, 0.5) is 0 Å². The third kappa shape index (κ3) is 2.78. The number of aryl methyl sites for hydroxylation is 3. The molecule has 4 rings (SSSR count). The second-order valence-corrected chi connectivity index (χ2v) is 6.84. The number of carbonyl (C=O) groups is 1. The molecular formula is C19H23N3O. The van der Waals surface area contributed by atoms with Gasteiger partial charge in [-0.3, -0.25) is 4.79 Å². The maximum Gasteiger partial charge on any atom is 0.227 e. The smallest absolute Gasteiger partial charge is 0.227 e. The second kappa shape index (κ2) is 5.84. The van der Waals surface area contributed by atoms with Gasteiger partial charge in [0, 0.05) is 25.2 Å². The van der Waals surface area contributed by atoms with Crippen LogP contribution in [0.3, 0.4) is 0 Å². The van der Waals surface area contributed by atoms with Crippen LogP contribution in [0, 0.1) is 6.92 Å². The fourth-order valence-corrected chi connectivity index (χ4v) is 4.03. The number of aromatic nitrogens is 2. The van der Waals surface area contributed by atoms with Crippen molar-refractivity contribution >= 4 is 5.91 Å². The summed E-state index contributed by atoms with van der Waals surface area (Å²) in [6, 6.07) is 8.62. The zero-order valence-corrected chi connectivity index (χ0v) is 13.6. The van der Waals surface area contributed by atoms with E-state index in [1.807, 2.05) is 13.0 Å². The van der Waals surface area contributed by atoms with Gasteiger partial charge in [-0.15, -0.1) is 0 Å². The van der Waals surface area contributed by atoms with Gasteiger partial charge in [-0.05, 0) is 43.7 Å². The molecule has 0 fully saturated rings. The fourth-order valence-electron chi connectivity index (χ4n) is 4.03. The first-order valence-electron chi connectivity index (χ1n) is 8.61. The molecule has 4 heteroatoms. The van der Waals surface area contributed by atoms with Crippen LogP contribution in [0.1, 0.15) is 47.8 Å². The zero-order valence-electron chi connectivity index (χ0n) is 13.6. The summed E-state index contributed by atoms with van der Waals surface area (Å²) >= 11 is 0. The molecule has 120 valence electrons. The highest BCUT2D eigenvalue weighted by atomic mass is 16.1. The molecule has 1 amide bonds. The van der Waals surface area contributed by atoms with E-state index < -0.39 is 0 Å². The van der Waals surface area contributed by atoms with Gasteiger partial charge >= 0.3 is 0 Å². The van der Waals surface area contributed by atoms with Crippen LogP contribution in [0.5, 0.6) is 0 Å². The van der Waals surface area contributed by atoms with Gasteiger partial charge in [0.15, 0.2) is 0 Å². The summed E-state index contributed by atoms with van der Waals surface area (Å²) in [6.07, 6.45) is 7.18. The van der Waals surface area contributed by atoms with E-state index in [-0.39, 0.29) is 17.9 Å². The Balaban J connectivity index is 1.47. The molecule has 2 aromatic rings. The molecule has 4 nitrogen and oxygen atoms in total. The summed E-state index contributed by atoms with van der Waals surface area (Å²) in [5.41, 5.74) is 3.63. The first-order chi connectivity index (χ1) is 11.2. The van der Waals surface area contributed by atoms with Crippen LogP contribution >= 0.6 is 0 Å². The van der Waals surface area contributed by atoms with Gasteiger partial charge < -0.3 is 9.88 Å². The molecule has 2 aliphatic rings. The molecule has 0 saturated heterocycles. The maximum atomic E-state index is 12.8. The highest BCUT2D eigenvalue weighted by molar-refractivity contribution is 5.84. The van der Waals surface area contributed by atoms with Gasteiger partial charge in [0.1, 0.15) is 5.82 Å². The average Bonchev–Trinajstić information content (AvgIpc) is 2.93. The Morgan fingerprint density at radius 1 is 1.26 bits per heavy atom. The van der Waals surface area contributed by atoms with E-state index in [9.17, 15) is 4.79 Å². The lowest BCUT2D eigenvalue weighted by atomic mass is 9.82. The average molecular weight is 309 g/mol. The number of nitrogens with zero attached hydrogens (tertiary/aromatic N) is 2. The lowest BCUT2D eigenvalue weighted by Gasteiger charge is -2.29. The van der Waals surface area contributed by atoms with Crippen LogP contribution in [-0.2, 0) is 24.2 Å². The molecule has 1 N–H and O–H groups in total. The van der Waals surface area contributed by atoms with Crippen LogP contribution in [0.25, 0.3) is 0 Å². The van der Waals surface area contributed by atoms with E-state index in [0.717, 1.165) is 50.2 Å². The number of fused-ring (bicyclic) bond motifs is 2. The number of rotatable bonds is 2. The molecule has 2 heterocycles. The van der Waals surface area contributed by atoms with Gasteiger partial charge in [-0.1, -0.05) is 24.3 Å². The number of benzene rings is 1. The quantitative estimate of drug-likeness (QED) is 0.927. The Labute approximate surface area is 136 Å². The summed E-state index contributed by atoms with van der Waals surface area (Å²) in [6.45, 7) is 2.87. The molecule has 0 spiro atoms. The SMILES string of the molecule is Cc1cn2c(n1)CC[C@H](NC(=O)[C@@H]1CCCc3ccccc31)C2. The third-order valence-electron chi connectivity index (χ3n) is 5.15. The van der Waals surface area contributed by atoms with Gasteiger partial charge in [-0.2, -0.15) is 0 Å². The van der Waals surface area contributed by atoms with Crippen molar-refractivity contribution in [2.24, 2.45) is 0 Å². The van der Waals surface area contributed by atoms with Crippen LogP contribution in [-0.4, -0.2) is 21.5 Å². The highest BCUT2D eigenvalue weighted by Crippen LogP contribution is 2.31. The molecule has 1 aromatic heterocycles. The molecule has 0 radical (unpaired) electrons. The number of amides is 1. The monoisotopic (exact) mass is 309 g/mol. The number of imidazole rings is 1. The standard InChI is InChI=1S/C19H23N3O/c1-13-11-22-12-15(9-10-18(22)20-13)21-19(23)17-8-4-6-14-5-2-3-7-16(14)17/h2-3,5,7,11,15,17H,4,6,8-10,12H2,1H3,(H,21,23)/t15-,17+/m0/s1. The van der Waals surface area contributed by atoms with E-state index in [1.165, 1.54) is 11.1 Å². The molecule has 23 heavy (non-hydrogen) atoms. The lowest BCUT2D eigenvalue weighted by molar-refractivity contribution is -0.123. The number of nitrogens with one attached hydrogen (secondary N) is 1. The second-order valence-electron chi connectivity index (χ2n) is 6.84. The van der Waals surface area contributed by atoms with E-state index in [0.29, 0.717) is 0 Å². The highest BCUT2D eigenvalue weighted by Gasteiger charge is 2.29. The molecule has 1 aromatic carbocycles. The van der Waals surface area contributed by atoms with Crippen LogP contribution in [0.2, 0.25) is 0 Å². The molecule has 2 atom stereocenters.